The van der Waals surface area contributed by atoms with Crippen LogP contribution in [-0.2, 0) is 11.8 Å². The van der Waals surface area contributed by atoms with Crippen LogP contribution in [0.5, 0.6) is 0 Å². The van der Waals surface area contributed by atoms with Crippen molar-refractivity contribution in [3.05, 3.63) is 41.9 Å². The molecule has 2 fully saturated rings. The first-order valence-electron chi connectivity index (χ1n) is 10.6. The number of aliphatic carboxylic acids is 1. The highest BCUT2D eigenvalue weighted by Crippen LogP contribution is 2.36. The maximum atomic E-state index is 11.2. The van der Waals surface area contributed by atoms with Gasteiger partial charge in [0.25, 0.3) is 0 Å². The Morgan fingerprint density at radius 3 is 2.21 bits per heavy atom. The van der Waals surface area contributed by atoms with Crippen LogP contribution < -0.4 is 0 Å². The average Bonchev–Trinajstić information content (AvgIpc) is 3.10. The van der Waals surface area contributed by atoms with Crippen molar-refractivity contribution in [3.8, 4) is 11.3 Å². The number of imidazole rings is 1. The first-order valence-corrected chi connectivity index (χ1v) is 10.6. The molecule has 2 heterocycles. The minimum absolute atomic E-state index is 0.178. The lowest BCUT2D eigenvalue weighted by molar-refractivity contribution is -0.142. The van der Waals surface area contributed by atoms with Crippen LogP contribution in [0.4, 0.5) is 0 Å². The molecule has 1 N–H and O–H groups in total. The molecule has 5 heteroatoms. The molecule has 0 bridgehead atoms. The Bertz CT molecular complexity index is 811. The van der Waals surface area contributed by atoms with Crippen molar-refractivity contribution in [2.75, 3.05) is 20.1 Å². The number of rotatable bonds is 4. The topological polar surface area (TPSA) is 58.4 Å². The third kappa shape index (κ3) is 4.00. The van der Waals surface area contributed by atoms with E-state index < -0.39 is 5.97 Å². The van der Waals surface area contributed by atoms with Crippen molar-refractivity contribution in [1.82, 2.24) is 14.5 Å². The highest BCUT2D eigenvalue weighted by Gasteiger charge is 2.29. The fourth-order valence-corrected chi connectivity index (χ4v) is 4.87. The molecule has 1 saturated carbocycles. The van der Waals surface area contributed by atoms with Crippen molar-refractivity contribution in [3.63, 3.8) is 0 Å². The number of likely N-dealkylation sites (tertiary alicyclic amines) is 1. The van der Waals surface area contributed by atoms with Crippen LogP contribution in [0.1, 0.15) is 61.7 Å². The molecule has 150 valence electrons. The Morgan fingerprint density at radius 2 is 1.61 bits per heavy atom. The second-order valence-electron chi connectivity index (χ2n) is 8.68. The monoisotopic (exact) mass is 381 g/mol. The van der Waals surface area contributed by atoms with Gasteiger partial charge in [0.05, 0.1) is 11.6 Å². The van der Waals surface area contributed by atoms with Crippen LogP contribution in [0.2, 0.25) is 0 Å². The summed E-state index contributed by atoms with van der Waals surface area (Å²) in [7, 11) is 4.26. The minimum atomic E-state index is -0.649. The summed E-state index contributed by atoms with van der Waals surface area (Å²) in [6, 6.07) is 8.97. The number of hydrogen-bond donors (Lipinski definition) is 1. The zero-order chi connectivity index (χ0) is 19.7. The molecule has 2 aromatic rings. The lowest BCUT2D eigenvalue weighted by Gasteiger charge is -2.29. The van der Waals surface area contributed by atoms with E-state index in [1.807, 2.05) is 0 Å². The smallest absolute Gasteiger partial charge is 0.306 e. The molecule has 0 unspecified atom stereocenters. The first-order chi connectivity index (χ1) is 13.5. The quantitative estimate of drug-likeness (QED) is 0.860. The maximum absolute atomic E-state index is 11.2. The summed E-state index contributed by atoms with van der Waals surface area (Å²) < 4.78 is 2.13. The summed E-state index contributed by atoms with van der Waals surface area (Å²) in [6.07, 6.45) is 7.93. The molecule has 0 amide bonds. The second kappa shape index (κ2) is 8.08. The van der Waals surface area contributed by atoms with Gasteiger partial charge in [0.15, 0.2) is 0 Å². The van der Waals surface area contributed by atoms with Crippen LogP contribution in [-0.4, -0.2) is 45.7 Å². The SMILES string of the molecule is CN1CCC(c2ccc(-c3cn(C)c(C4CCC(C(=O)O)CC4)n3)cc2)CC1. The van der Waals surface area contributed by atoms with Gasteiger partial charge in [-0.25, -0.2) is 4.98 Å². The number of carboxylic acid groups (broad SMARTS) is 1. The minimum Gasteiger partial charge on any atom is -0.481 e. The molecule has 2 aliphatic rings. The van der Waals surface area contributed by atoms with Gasteiger partial charge in [0.2, 0.25) is 0 Å². The fraction of sp³-hybridized carbons (Fsp3) is 0.565. The normalized spacial score (nSPS) is 24.4. The van der Waals surface area contributed by atoms with E-state index in [1.54, 1.807) is 0 Å². The Balaban J connectivity index is 1.45. The van der Waals surface area contributed by atoms with Crippen molar-refractivity contribution >= 4 is 5.97 Å². The van der Waals surface area contributed by atoms with E-state index in [1.165, 1.54) is 31.5 Å². The summed E-state index contributed by atoms with van der Waals surface area (Å²) in [4.78, 5) is 18.5. The van der Waals surface area contributed by atoms with Gasteiger partial charge >= 0.3 is 5.97 Å². The van der Waals surface area contributed by atoms with E-state index in [-0.39, 0.29) is 5.92 Å². The van der Waals surface area contributed by atoms with Gasteiger partial charge in [0.1, 0.15) is 5.82 Å². The zero-order valence-corrected chi connectivity index (χ0v) is 17.0. The van der Waals surface area contributed by atoms with E-state index in [0.717, 1.165) is 42.8 Å². The first kappa shape index (κ1) is 19.2. The van der Waals surface area contributed by atoms with E-state index >= 15 is 0 Å². The second-order valence-corrected chi connectivity index (χ2v) is 8.68. The number of hydrogen-bond acceptors (Lipinski definition) is 3. The predicted octanol–water partition coefficient (Wildman–Crippen LogP) is 4.25. The predicted molar refractivity (Wildman–Crippen MR) is 110 cm³/mol. The number of benzene rings is 1. The Kier molecular flexibility index (Phi) is 5.54. The zero-order valence-electron chi connectivity index (χ0n) is 17.0. The van der Waals surface area contributed by atoms with Gasteiger partial charge in [-0.3, -0.25) is 4.79 Å². The summed E-state index contributed by atoms with van der Waals surface area (Å²) >= 11 is 0. The molecular formula is C23H31N3O2. The number of carboxylic acids is 1. The number of piperidine rings is 1. The van der Waals surface area contributed by atoms with Crippen molar-refractivity contribution in [1.29, 1.82) is 0 Å². The number of aromatic nitrogens is 2. The van der Waals surface area contributed by atoms with Gasteiger partial charge in [-0.2, -0.15) is 0 Å². The largest absolute Gasteiger partial charge is 0.481 e. The summed E-state index contributed by atoms with van der Waals surface area (Å²) in [6.45, 7) is 2.36. The molecule has 5 nitrogen and oxygen atoms in total. The van der Waals surface area contributed by atoms with Crippen LogP contribution in [0.3, 0.4) is 0 Å². The standard InChI is InChI=1S/C23H31N3O2/c1-25-13-11-17(12-14-25)16-3-5-18(6-4-16)21-15-26(2)22(24-21)19-7-9-20(10-8-19)23(27)28/h3-6,15,17,19-20H,7-14H2,1-2H3,(H,27,28). The molecule has 1 aliphatic heterocycles. The van der Waals surface area contributed by atoms with Crippen molar-refractivity contribution in [2.45, 2.75) is 50.4 Å². The average molecular weight is 382 g/mol. The third-order valence-corrected chi connectivity index (χ3v) is 6.75. The molecular weight excluding hydrogens is 350 g/mol. The summed E-state index contributed by atoms with van der Waals surface area (Å²) in [5.74, 6) is 1.31. The van der Waals surface area contributed by atoms with E-state index in [2.05, 4.69) is 54.0 Å². The summed E-state index contributed by atoms with van der Waals surface area (Å²) in [5.41, 5.74) is 3.63. The molecule has 0 atom stereocenters. The van der Waals surface area contributed by atoms with Gasteiger partial charge in [0, 0.05) is 24.7 Å². The Labute approximate surface area is 167 Å². The van der Waals surface area contributed by atoms with Crippen LogP contribution >= 0.6 is 0 Å². The number of carbonyl (C=O) groups is 1. The van der Waals surface area contributed by atoms with Gasteiger partial charge in [-0.05, 0) is 70.1 Å². The molecule has 0 spiro atoms. The third-order valence-electron chi connectivity index (χ3n) is 6.75. The van der Waals surface area contributed by atoms with E-state index in [9.17, 15) is 9.90 Å². The fourth-order valence-electron chi connectivity index (χ4n) is 4.87. The highest BCUT2D eigenvalue weighted by molar-refractivity contribution is 5.70. The number of aryl methyl sites for hydroxylation is 1. The highest BCUT2D eigenvalue weighted by atomic mass is 16.4. The van der Waals surface area contributed by atoms with Gasteiger partial charge in [-0.15, -0.1) is 0 Å². The Hall–Kier alpha value is -2.14. The molecule has 1 aromatic carbocycles. The maximum Gasteiger partial charge on any atom is 0.306 e. The number of nitrogens with zero attached hydrogens (tertiary/aromatic N) is 3. The lowest BCUT2D eigenvalue weighted by atomic mass is 9.81. The molecule has 4 rings (SSSR count). The van der Waals surface area contributed by atoms with Crippen molar-refractivity contribution < 1.29 is 9.90 Å². The van der Waals surface area contributed by atoms with Crippen molar-refractivity contribution in [2.24, 2.45) is 13.0 Å². The van der Waals surface area contributed by atoms with Gasteiger partial charge in [-0.1, -0.05) is 24.3 Å². The molecule has 1 saturated heterocycles. The summed E-state index contributed by atoms with van der Waals surface area (Å²) in [5, 5.41) is 9.21. The van der Waals surface area contributed by atoms with Crippen LogP contribution in [0.15, 0.2) is 30.5 Å². The lowest BCUT2D eigenvalue weighted by Crippen LogP contribution is -2.29. The van der Waals surface area contributed by atoms with Gasteiger partial charge < -0.3 is 14.6 Å². The van der Waals surface area contributed by atoms with E-state index in [0.29, 0.717) is 11.8 Å². The Morgan fingerprint density at radius 1 is 0.964 bits per heavy atom. The molecule has 1 aliphatic carbocycles. The van der Waals surface area contributed by atoms with Crippen LogP contribution in [0.25, 0.3) is 11.3 Å². The van der Waals surface area contributed by atoms with E-state index in [4.69, 9.17) is 4.98 Å². The molecule has 0 radical (unpaired) electrons. The van der Waals surface area contributed by atoms with Crippen LogP contribution in [0, 0.1) is 5.92 Å². The molecule has 28 heavy (non-hydrogen) atoms. The molecule has 1 aromatic heterocycles.